The Hall–Kier alpha value is -2.28. The zero-order chi connectivity index (χ0) is 21.2. The van der Waals surface area contributed by atoms with Gasteiger partial charge in [-0.3, -0.25) is 0 Å². The molecular weight excluding hydrogens is 417 g/mol. The normalized spacial score (nSPS) is 11.6. The second kappa shape index (κ2) is 11.7. The lowest BCUT2D eigenvalue weighted by Crippen LogP contribution is -2.35. The van der Waals surface area contributed by atoms with E-state index in [1.54, 1.807) is 42.5 Å². The first kappa shape index (κ1) is 23.0. The molecule has 1 atom stereocenters. The van der Waals surface area contributed by atoms with Gasteiger partial charge < -0.3 is 19.9 Å². The van der Waals surface area contributed by atoms with Gasteiger partial charge in [-0.15, -0.1) is 0 Å². The number of esters is 1. The minimum atomic E-state index is -1.03. The van der Waals surface area contributed by atoms with Gasteiger partial charge >= 0.3 is 12.1 Å². The van der Waals surface area contributed by atoms with Gasteiger partial charge in [0, 0.05) is 15.6 Å². The Labute approximate surface area is 179 Å². The summed E-state index contributed by atoms with van der Waals surface area (Å²) in [6.07, 6.45) is 0.747. The number of halogens is 2. The third-order valence-electron chi connectivity index (χ3n) is 4.03. The van der Waals surface area contributed by atoms with E-state index in [0.717, 1.165) is 12.0 Å². The molecule has 2 rings (SSSR count). The van der Waals surface area contributed by atoms with E-state index in [-0.39, 0.29) is 19.6 Å². The number of hydrogen-bond donors (Lipinski definition) is 1. The molecule has 2 aromatic rings. The zero-order valence-electron chi connectivity index (χ0n) is 16.0. The lowest BCUT2D eigenvalue weighted by molar-refractivity contribution is -0.141. The maximum Gasteiger partial charge on any atom is 0.516 e. The Morgan fingerprint density at radius 2 is 1.72 bits per heavy atom. The van der Waals surface area contributed by atoms with E-state index in [1.165, 1.54) is 0 Å². The maximum atomic E-state index is 11.9. The zero-order valence-corrected chi connectivity index (χ0v) is 17.5. The molecule has 0 saturated heterocycles. The molecule has 2 N–H and O–H groups in total. The first-order chi connectivity index (χ1) is 13.9. The molecule has 0 bridgehead atoms. The van der Waals surface area contributed by atoms with Crippen LogP contribution in [0.1, 0.15) is 30.9 Å². The Morgan fingerprint density at radius 3 is 2.34 bits per heavy atom. The van der Waals surface area contributed by atoms with E-state index in [4.69, 9.17) is 38.4 Å². The summed E-state index contributed by atoms with van der Waals surface area (Å²) >= 11 is 12.2. The van der Waals surface area contributed by atoms with Gasteiger partial charge in [-0.05, 0) is 42.7 Å². The van der Waals surface area contributed by atoms with Crippen LogP contribution in [0.2, 0.25) is 10.0 Å². The predicted molar refractivity (Wildman–Crippen MR) is 111 cm³/mol. The van der Waals surface area contributed by atoms with Crippen LogP contribution >= 0.6 is 23.2 Å². The molecule has 0 unspecified atom stereocenters. The van der Waals surface area contributed by atoms with Crippen molar-refractivity contribution in [1.82, 2.24) is 0 Å². The van der Waals surface area contributed by atoms with Crippen LogP contribution in [0, 0.1) is 0 Å². The largest absolute Gasteiger partial charge is 0.516 e. The van der Waals surface area contributed by atoms with Crippen molar-refractivity contribution < 1.29 is 23.8 Å². The third kappa shape index (κ3) is 7.57. The molecule has 29 heavy (non-hydrogen) atoms. The molecule has 156 valence electrons. The van der Waals surface area contributed by atoms with Gasteiger partial charge in [0.1, 0.15) is 18.4 Å². The molecule has 0 aliphatic rings. The summed E-state index contributed by atoms with van der Waals surface area (Å²) in [5.41, 5.74) is 7.31. The molecule has 0 radical (unpaired) electrons. The van der Waals surface area contributed by atoms with Crippen molar-refractivity contribution in [2.24, 2.45) is 5.73 Å². The number of carbonyl (C=O) groups is 2. The molecule has 0 saturated carbocycles. The molecule has 0 heterocycles. The lowest BCUT2D eigenvalue weighted by atomic mass is 10.1. The number of carbonyl (C=O) groups excluding carboxylic acids is 2. The van der Waals surface area contributed by atoms with Crippen LogP contribution in [0.4, 0.5) is 4.79 Å². The SMILES string of the molecule is CCCCOC(=O)OC(=O)[C@@H](N)Cc1ccc(OCc2c(Cl)cccc2Cl)cc1. The second-order valence-electron chi connectivity index (χ2n) is 6.32. The number of benzene rings is 2. The Balaban J connectivity index is 1.83. The number of rotatable bonds is 9. The number of hydrogen-bond acceptors (Lipinski definition) is 6. The Bertz CT molecular complexity index is 806. The summed E-state index contributed by atoms with van der Waals surface area (Å²) in [7, 11) is 0. The molecule has 0 spiro atoms. The molecule has 0 aromatic heterocycles. The molecule has 0 aliphatic heterocycles. The first-order valence-corrected chi connectivity index (χ1v) is 9.95. The molecule has 0 fully saturated rings. The van der Waals surface area contributed by atoms with Crippen molar-refractivity contribution in [2.75, 3.05) is 6.61 Å². The van der Waals surface area contributed by atoms with Gasteiger partial charge in [-0.25, -0.2) is 9.59 Å². The van der Waals surface area contributed by atoms with Crippen LogP contribution in [0.5, 0.6) is 5.75 Å². The standard InChI is InChI=1S/C21H23Cl2NO5/c1-2-3-11-27-21(26)29-20(25)19(24)12-14-7-9-15(10-8-14)28-13-16-17(22)5-4-6-18(16)23/h4-10,19H,2-3,11-13,24H2,1H3/t19-/m0/s1. The van der Waals surface area contributed by atoms with Gasteiger partial charge in [-0.1, -0.05) is 54.7 Å². The average molecular weight is 440 g/mol. The van der Waals surface area contributed by atoms with Crippen molar-refractivity contribution >= 4 is 35.3 Å². The highest BCUT2D eigenvalue weighted by Crippen LogP contribution is 2.26. The van der Waals surface area contributed by atoms with Crippen LogP contribution < -0.4 is 10.5 Å². The van der Waals surface area contributed by atoms with Crippen LogP contribution in [0.25, 0.3) is 0 Å². The Morgan fingerprint density at radius 1 is 1.07 bits per heavy atom. The molecular formula is C21H23Cl2NO5. The minimum absolute atomic E-state index is 0.206. The quantitative estimate of drug-likeness (QED) is 0.338. The van der Waals surface area contributed by atoms with E-state index >= 15 is 0 Å². The van der Waals surface area contributed by atoms with E-state index in [9.17, 15) is 9.59 Å². The van der Waals surface area contributed by atoms with Crippen molar-refractivity contribution in [3.63, 3.8) is 0 Å². The summed E-state index contributed by atoms with van der Waals surface area (Å²) in [5.74, 6) is -0.222. The van der Waals surface area contributed by atoms with Gasteiger partial charge in [-0.2, -0.15) is 0 Å². The van der Waals surface area contributed by atoms with Crippen LogP contribution in [0.15, 0.2) is 42.5 Å². The second-order valence-corrected chi connectivity index (χ2v) is 7.13. The fourth-order valence-corrected chi connectivity index (χ4v) is 2.88. The van der Waals surface area contributed by atoms with Crippen molar-refractivity contribution in [3.8, 4) is 5.75 Å². The van der Waals surface area contributed by atoms with Gasteiger partial charge in [0.05, 0.1) is 6.61 Å². The molecule has 2 aromatic carbocycles. The van der Waals surface area contributed by atoms with Crippen LogP contribution in [-0.2, 0) is 27.3 Å². The van der Waals surface area contributed by atoms with Crippen molar-refractivity contribution in [1.29, 1.82) is 0 Å². The lowest BCUT2D eigenvalue weighted by Gasteiger charge is -2.12. The van der Waals surface area contributed by atoms with Crippen molar-refractivity contribution in [3.05, 3.63) is 63.6 Å². The molecule has 8 heteroatoms. The predicted octanol–water partition coefficient (Wildman–Crippen LogP) is 4.92. The van der Waals surface area contributed by atoms with Crippen molar-refractivity contribution in [2.45, 2.75) is 38.8 Å². The first-order valence-electron chi connectivity index (χ1n) is 9.19. The maximum absolute atomic E-state index is 11.9. The third-order valence-corrected chi connectivity index (χ3v) is 4.74. The van der Waals surface area contributed by atoms with Crippen LogP contribution in [-0.4, -0.2) is 24.8 Å². The highest BCUT2D eigenvalue weighted by molar-refractivity contribution is 6.35. The van der Waals surface area contributed by atoms with E-state index in [1.807, 2.05) is 6.92 Å². The number of nitrogens with two attached hydrogens (primary N) is 1. The monoisotopic (exact) mass is 439 g/mol. The fourth-order valence-electron chi connectivity index (χ4n) is 2.37. The van der Waals surface area contributed by atoms with E-state index in [0.29, 0.717) is 27.8 Å². The summed E-state index contributed by atoms with van der Waals surface area (Å²) in [6.45, 7) is 2.39. The molecule has 0 amide bonds. The summed E-state index contributed by atoms with van der Waals surface area (Å²) < 4.78 is 15.1. The summed E-state index contributed by atoms with van der Waals surface area (Å²) in [6, 6.07) is 11.3. The topological polar surface area (TPSA) is 87.9 Å². The number of ether oxygens (including phenoxy) is 3. The summed E-state index contributed by atoms with van der Waals surface area (Å²) in [4.78, 5) is 23.3. The Kier molecular flexibility index (Phi) is 9.25. The molecule has 6 nitrogen and oxygen atoms in total. The van der Waals surface area contributed by atoms with Gasteiger partial charge in [0.2, 0.25) is 0 Å². The molecule has 0 aliphatic carbocycles. The number of unbranched alkanes of at least 4 members (excludes halogenated alkanes) is 1. The fraction of sp³-hybridized carbons (Fsp3) is 0.333. The highest BCUT2D eigenvalue weighted by Gasteiger charge is 2.20. The summed E-state index contributed by atoms with van der Waals surface area (Å²) in [5, 5.41) is 1.07. The van der Waals surface area contributed by atoms with Crippen LogP contribution in [0.3, 0.4) is 0 Å². The van der Waals surface area contributed by atoms with Gasteiger partial charge in [0.25, 0.3) is 0 Å². The van der Waals surface area contributed by atoms with Gasteiger partial charge in [0.15, 0.2) is 0 Å². The minimum Gasteiger partial charge on any atom is -0.489 e. The van der Waals surface area contributed by atoms with E-state index in [2.05, 4.69) is 4.74 Å². The average Bonchev–Trinajstić information content (AvgIpc) is 2.69. The highest BCUT2D eigenvalue weighted by atomic mass is 35.5. The van der Waals surface area contributed by atoms with E-state index < -0.39 is 18.2 Å². The smallest absolute Gasteiger partial charge is 0.489 e.